The van der Waals surface area contributed by atoms with Crippen LogP contribution < -0.4 is 5.32 Å². The number of aryl methyl sites for hydroxylation is 1. The van der Waals surface area contributed by atoms with Gasteiger partial charge in [-0.25, -0.2) is 4.79 Å². The molecule has 1 aromatic heterocycles. The summed E-state index contributed by atoms with van der Waals surface area (Å²) in [5.41, 5.74) is 2.00. The van der Waals surface area contributed by atoms with Crippen LogP contribution >= 0.6 is 0 Å². The van der Waals surface area contributed by atoms with Crippen molar-refractivity contribution in [3.05, 3.63) is 89.4 Å². The minimum absolute atomic E-state index is 0.155. The van der Waals surface area contributed by atoms with Crippen molar-refractivity contribution >= 4 is 23.5 Å². The number of anilines is 1. The number of nitrogens with one attached hydrogen (secondary N) is 1. The Labute approximate surface area is 191 Å². The van der Waals surface area contributed by atoms with Crippen molar-refractivity contribution in [2.75, 3.05) is 31.6 Å². The molecule has 1 fully saturated rings. The number of hydrogen-bond acceptors (Lipinski definition) is 6. The third-order valence-electron chi connectivity index (χ3n) is 5.34. The first-order chi connectivity index (χ1) is 16.0. The van der Waals surface area contributed by atoms with Gasteiger partial charge < -0.3 is 24.1 Å². The number of hydrogen-bond donors (Lipinski definition) is 1. The highest BCUT2D eigenvalue weighted by molar-refractivity contribution is 6.03. The molecule has 3 aromatic rings. The third kappa shape index (κ3) is 5.30. The molecule has 2 aromatic carbocycles. The minimum Gasteiger partial charge on any atom is -0.459 e. The van der Waals surface area contributed by atoms with Crippen LogP contribution in [0.5, 0.6) is 0 Å². The Morgan fingerprint density at radius 1 is 1.00 bits per heavy atom. The molecule has 1 aliphatic heterocycles. The molecule has 33 heavy (non-hydrogen) atoms. The van der Waals surface area contributed by atoms with Crippen molar-refractivity contribution in [1.29, 1.82) is 0 Å². The van der Waals surface area contributed by atoms with E-state index in [4.69, 9.17) is 13.9 Å². The van der Waals surface area contributed by atoms with Gasteiger partial charge in [0.1, 0.15) is 0 Å². The van der Waals surface area contributed by atoms with Crippen LogP contribution in [-0.4, -0.2) is 49.0 Å². The maximum Gasteiger partial charge on any atom is 0.339 e. The number of esters is 1. The molecule has 0 saturated carbocycles. The smallest absolute Gasteiger partial charge is 0.339 e. The van der Waals surface area contributed by atoms with E-state index in [0.717, 1.165) is 5.56 Å². The second-order valence-electron chi connectivity index (χ2n) is 7.59. The van der Waals surface area contributed by atoms with Crippen molar-refractivity contribution in [2.24, 2.45) is 0 Å². The van der Waals surface area contributed by atoms with Gasteiger partial charge >= 0.3 is 5.97 Å². The molecule has 1 atom stereocenters. The third-order valence-corrected chi connectivity index (χ3v) is 5.34. The van der Waals surface area contributed by atoms with E-state index in [1.54, 1.807) is 53.4 Å². The highest BCUT2D eigenvalue weighted by atomic mass is 16.5. The normalized spacial score (nSPS) is 14.4. The Morgan fingerprint density at radius 2 is 1.76 bits per heavy atom. The van der Waals surface area contributed by atoms with Gasteiger partial charge in [0.15, 0.2) is 5.76 Å². The molecular formula is C25H24N2O6. The Hall–Kier alpha value is -3.91. The Bertz CT molecular complexity index is 1120. The van der Waals surface area contributed by atoms with E-state index in [1.165, 1.54) is 12.3 Å². The Morgan fingerprint density at radius 3 is 2.45 bits per heavy atom. The fourth-order valence-electron chi connectivity index (χ4n) is 3.49. The zero-order valence-corrected chi connectivity index (χ0v) is 18.2. The van der Waals surface area contributed by atoms with Gasteiger partial charge in [-0.15, -0.1) is 0 Å². The zero-order valence-electron chi connectivity index (χ0n) is 18.2. The van der Waals surface area contributed by atoms with Crippen LogP contribution in [0.3, 0.4) is 0 Å². The van der Waals surface area contributed by atoms with Crippen LogP contribution in [-0.2, 0) is 14.3 Å². The molecule has 8 nitrogen and oxygen atoms in total. The highest BCUT2D eigenvalue weighted by Crippen LogP contribution is 2.25. The van der Waals surface area contributed by atoms with Crippen LogP contribution in [0.15, 0.2) is 71.3 Å². The van der Waals surface area contributed by atoms with Crippen molar-refractivity contribution in [3.63, 3.8) is 0 Å². The molecule has 2 heterocycles. The van der Waals surface area contributed by atoms with E-state index in [1.807, 2.05) is 13.0 Å². The average Bonchev–Trinajstić information content (AvgIpc) is 3.40. The van der Waals surface area contributed by atoms with E-state index >= 15 is 0 Å². The summed E-state index contributed by atoms with van der Waals surface area (Å²) in [6.07, 6.45) is 0.323. The number of morpholine rings is 1. The number of carbonyl (C=O) groups excluding carboxylic acids is 3. The fraction of sp³-hybridized carbons (Fsp3) is 0.240. The predicted molar refractivity (Wildman–Crippen MR) is 120 cm³/mol. The maximum absolute atomic E-state index is 13.2. The van der Waals surface area contributed by atoms with E-state index in [9.17, 15) is 14.4 Å². The lowest BCUT2D eigenvalue weighted by Gasteiger charge is -2.30. The summed E-state index contributed by atoms with van der Waals surface area (Å²) in [5.74, 6) is -1.24. The lowest BCUT2D eigenvalue weighted by atomic mass is 10.1. The molecular weight excluding hydrogens is 424 g/mol. The van der Waals surface area contributed by atoms with E-state index < -0.39 is 18.0 Å². The number of benzene rings is 2. The largest absolute Gasteiger partial charge is 0.459 e. The average molecular weight is 448 g/mol. The van der Waals surface area contributed by atoms with Gasteiger partial charge in [-0.2, -0.15) is 0 Å². The van der Waals surface area contributed by atoms with Crippen molar-refractivity contribution in [3.8, 4) is 0 Å². The quantitative estimate of drug-likeness (QED) is 0.579. The number of nitrogens with zero attached hydrogens (tertiary/aromatic N) is 1. The van der Waals surface area contributed by atoms with Crippen LogP contribution in [0, 0.1) is 6.92 Å². The van der Waals surface area contributed by atoms with Gasteiger partial charge in [0.2, 0.25) is 6.10 Å². The number of carbonyl (C=O) groups is 3. The van der Waals surface area contributed by atoms with Crippen LogP contribution in [0.2, 0.25) is 0 Å². The summed E-state index contributed by atoms with van der Waals surface area (Å²) >= 11 is 0. The molecule has 0 spiro atoms. The van der Waals surface area contributed by atoms with Gasteiger partial charge in [-0.1, -0.05) is 36.4 Å². The summed E-state index contributed by atoms with van der Waals surface area (Å²) < 4.78 is 16.1. The number of furan rings is 1. The molecule has 0 unspecified atom stereocenters. The van der Waals surface area contributed by atoms with Gasteiger partial charge in [0.25, 0.3) is 11.8 Å². The fourth-order valence-corrected chi connectivity index (χ4v) is 3.49. The molecule has 1 N–H and O–H groups in total. The van der Waals surface area contributed by atoms with Crippen molar-refractivity contribution in [2.45, 2.75) is 13.0 Å². The Kier molecular flexibility index (Phi) is 6.85. The molecule has 0 radical (unpaired) electrons. The van der Waals surface area contributed by atoms with Crippen LogP contribution in [0.4, 0.5) is 5.69 Å². The van der Waals surface area contributed by atoms with Crippen molar-refractivity contribution < 1.29 is 28.3 Å². The molecule has 4 rings (SSSR count). The SMILES string of the molecule is Cc1ccc(C(=O)O[C@H](C(=O)N2CCOCC2)c2ccccc2)cc1NC(=O)c1ccco1. The highest BCUT2D eigenvalue weighted by Gasteiger charge is 2.31. The summed E-state index contributed by atoms with van der Waals surface area (Å²) in [7, 11) is 0. The van der Waals surface area contributed by atoms with Gasteiger partial charge in [0, 0.05) is 24.3 Å². The van der Waals surface area contributed by atoms with E-state index in [0.29, 0.717) is 37.6 Å². The van der Waals surface area contributed by atoms with E-state index in [2.05, 4.69) is 5.32 Å². The first-order valence-corrected chi connectivity index (χ1v) is 10.6. The standard InChI is InChI=1S/C25H24N2O6/c1-17-9-10-19(16-20(17)26-23(28)21-8-5-13-32-21)25(30)33-22(18-6-3-2-4-7-18)24(29)27-11-14-31-15-12-27/h2-10,13,16,22H,11-12,14-15H2,1H3,(H,26,28)/t22-/m0/s1. The summed E-state index contributed by atoms with van der Waals surface area (Å²) in [4.78, 5) is 40.2. The maximum atomic E-state index is 13.2. The number of rotatable bonds is 6. The second kappa shape index (κ2) is 10.1. The van der Waals surface area contributed by atoms with Crippen LogP contribution in [0.25, 0.3) is 0 Å². The van der Waals surface area contributed by atoms with Gasteiger partial charge in [-0.05, 0) is 36.8 Å². The predicted octanol–water partition coefficient (Wildman–Crippen LogP) is 3.60. The number of ether oxygens (including phenoxy) is 2. The van der Waals surface area contributed by atoms with Crippen molar-refractivity contribution in [1.82, 2.24) is 4.90 Å². The molecule has 0 aliphatic carbocycles. The van der Waals surface area contributed by atoms with Crippen LogP contribution in [0.1, 0.15) is 38.1 Å². The lowest BCUT2D eigenvalue weighted by Crippen LogP contribution is -2.44. The lowest BCUT2D eigenvalue weighted by molar-refractivity contribution is -0.145. The van der Waals surface area contributed by atoms with Gasteiger partial charge in [0.05, 0.1) is 25.0 Å². The molecule has 2 amide bonds. The molecule has 170 valence electrons. The Balaban J connectivity index is 1.55. The first kappa shape index (κ1) is 22.3. The zero-order chi connectivity index (χ0) is 23.2. The van der Waals surface area contributed by atoms with Gasteiger partial charge in [-0.3, -0.25) is 9.59 Å². The monoisotopic (exact) mass is 448 g/mol. The number of amides is 2. The molecule has 8 heteroatoms. The topological polar surface area (TPSA) is 98.1 Å². The first-order valence-electron chi connectivity index (χ1n) is 10.6. The minimum atomic E-state index is -1.08. The molecule has 1 aliphatic rings. The summed E-state index contributed by atoms with van der Waals surface area (Å²) in [5, 5.41) is 2.74. The summed E-state index contributed by atoms with van der Waals surface area (Å²) in [6.45, 7) is 3.57. The second-order valence-corrected chi connectivity index (χ2v) is 7.59. The molecule has 1 saturated heterocycles. The van der Waals surface area contributed by atoms with E-state index in [-0.39, 0.29) is 17.2 Å². The summed E-state index contributed by atoms with van der Waals surface area (Å²) in [6, 6.07) is 16.9. The molecule has 0 bridgehead atoms.